The Labute approximate surface area is 183 Å². The van der Waals surface area contributed by atoms with Crippen molar-refractivity contribution in [1.29, 1.82) is 5.26 Å². The summed E-state index contributed by atoms with van der Waals surface area (Å²) in [6.07, 6.45) is -1.07. The molecule has 1 aromatic carbocycles. The Hall–Kier alpha value is -3.19. The van der Waals surface area contributed by atoms with Gasteiger partial charge in [-0.25, -0.2) is 9.97 Å². The van der Waals surface area contributed by atoms with Crippen LogP contribution >= 0.6 is 0 Å². The molecule has 168 valence electrons. The summed E-state index contributed by atoms with van der Waals surface area (Å²) in [6, 6.07) is 6.99. The number of anilines is 1. The number of ether oxygens (including phenoxy) is 1. The molecule has 0 N–H and O–H groups in total. The van der Waals surface area contributed by atoms with Crippen LogP contribution in [0.1, 0.15) is 28.0 Å². The van der Waals surface area contributed by atoms with Gasteiger partial charge in [-0.15, -0.1) is 0 Å². The second-order valence-electron chi connectivity index (χ2n) is 8.32. The van der Waals surface area contributed by atoms with E-state index in [-0.39, 0.29) is 11.8 Å². The summed E-state index contributed by atoms with van der Waals surface area (Å²) in [5.74, 6) is -0.0422. The number of nitrogens with zero attached hydrogens (tertiary/aromatic N) is 5. The first kappa shape index (κ1) is 22.0. The summed E-state index contributed by atoms with van der Waals surface area (Å²) < 4.78 is 45.9. The van der Waals surface area contributed by atoms with Gasteiger partial charge in [0, 0.05) is 50.6 Å². The van der Waals surface area contributed by atoms with Crippen molar-refractivity contribution in [2.45, 2.75) is 12.6 Å². The molecule has 2 aliphatic heterocycles. The molecule has 4 rings (SSSR count). The van der Waals surface area contributed by atoms with Gasteiger partial charge in [0.25, 0.3) is 5.91 Å². The predicted molar refractivity (Wildman–Crippen MR) is 109 cm³/mol. The van der Waals surface area contributed by atoms with Crippen molar-refractivity contribution in [2.24, 2.45) is 11.3 Å². The number of aromatic nitrogens is 2. The minimum atomic E-state index is -4.61. The monoisotopic (exact) mass is 445 g/mol. The van der Waals surface area contributed by atoms with E-state index in [1.807, 2.05) is 4.90 Å². The van der Waals surface area contributed by atoms with E-state index in [4.69, 9.17) is 10.00 Å². The fourth-order valence-electron chi connectivity index (χ4n) is 4.89. The number of carbonyl (C=O) groups is 1. The lowest BCUT2D eigenvalue weighted by Gasteiger charge is -2.43. The highest BCUT2D eigenvalue weighted by Gasteiger charge is 2.51. The van der Waals surface area contributed by atoms with Gasteiger partial charge in [0.2, 0.25) is 0 Å². The molecular weight excluding hydrogens is 423 g/mol. The third-order valence-electron chi connectivity index (χ3n) is 6.38. The van der Waals surface area contributed by atoms with E-state index in [1.165, 1.54) is 18.6 Å². The van der Waals surface area contributed by atoms with Crippen LogP contribution < -0.4 is 4.90 Å². The molecule has 0 radical (unpaired) electrons. The summed E-state index contributed by atoms with van der Waals surface area (Å²) in [7, 11) is 1.59. The quantitative estimate of drug-likeness (QED) is 0.720. The van der Waals surface area contributed by atoms with Crippen LogP contribution in [0.15, 0.2) is 36.8 Å². The van der Waals surface area contributed by atoms with Crippen LogP contribution in [0.5, 0.6) is 0 Å². The van der Waals surface area contributed by atoms with E-state index in [2.05, 4.69) is 9.97 Å². The topological polar surface area (TPSA) is 82.3 Å². The van der Waals surface area contributed by atoms with Gasteiger partial charge in [-0.05, 0) is 36.6 Å². The minimum absolute atomic E-state index is 0.155. The van der Waals surface area contributed by atoms with Gasteiger partial charge in [-0.3, -0.25) is 4.79 Å². The first-order valence-corrected chi connectivity index (χ1v) is 10.2. The summed E-state index contributed by atoms with van der Waals surface area (Å²) in [6.45, 7) is 2.34. The molecule has 32 heavy (non-hydrogen) atoms. The molecular formula is C22H22F3N5O2. The Bertz CT molecular complexity index is 1040. The Morgan fingerprint density at radius 3 is 2.81 bits per heavy atom. The van der Waals surface area contributed by atoms with Crippen LogP contribution in [0.4, 0.5) is 18.9 Å². The molecule has 2 aromatic rings. The highest BCUT2D eigenvalue weighted by molar-refractivity contribution is 5.92. The number of carbonyl (C=O) groups excluding carboxylic acids is 1. The minimum Gasteiger partial charge on any atom is -0.384 e. The van der Waals surface area contributed by atoms with E-state index in [0.717, 1.165) is 6.07 Å². The van der Waals surface area contributed by atoms with Crippen LogP contribution in [-0.4, -0.2) is 60.7 Å². The number of benzene rings is 1. The maximum atomic E-state index is 13.5. The molecule has 2 fully saturated rings. The number of hydrogen-bond donors (Lipinski definition) is 0. The summed E-state index contributed by atoms with van der Waals surface area (Å²) in [5.41, 5.74) is -1.03. The van der Waals surface area contributed by atoms with Crippen LogP contribution in [0.25, 0.3) is 0 Å². The van der Waals surface area contributed by atoms with Crippen molar-refractivity contribution in [1.82, 2.24) is 14.9 Å². The van der Waals surface area contributed by atoms with E-state index in [0.29, 0.717) is 50.6 Å². The third-order valence-corrected chi connectivity index (χ3v) is 6.38. The second kappa shape index (κ2) is 8.39. The molecule has 0 spiro atoms. The molecule has 0 saturated carbocycles. The number of piperidine rings is 1. The summed E-state index contributed by atoms with van der Waals surface area (Å²) >= 11 is 0. The van der Waals surface area contributed by atoms with E-state index < -0.39 is 22.7 Å². The van der Waals surface area contributed by atoms with E-state index in [1.54, 1.807) is 30.2 Å². The Balaban J connectivity index is 1.61. The fourth-order valence-corrected chi connectivity index (χ4v) is 4.89. The van der Waals surface area contributed by atoms with Crippen LogP contribution in [-0.2, 0) is 10.9 Å². The number of nitriles is 1. The Morgan fingerprint density at radius 2 is 2.16 bits per heavy atom. The number of likely N-dealkylation sites (tertiary alicyclic amines) is 1. The van der Waals surface area contributed by atoms with Gasteiger partial charge in [-0.2, -0.15) is 18.4 Å². The maximum Gasteiger partial charge on any atom is 0.417 e. The Morgan fingerprint density at radius 1 is 1.34 bits per heavy atom. The van der Waals surface area contributed by atoms with Crippen molar-refractivity contribution in [3.8, 4) is 6.07 Å². The molecule has 0 unspecified atom stereocenters. The second-order valence-corrected chi connectivity index (χ2v) is 8.32. The number of amides is 1. The number of hydrogen-bond acceptors (Lipinski definition) is 6. The molecule has 1 aromatic heterocycles. The average molecular weight is 445 g/mol. The maximum absolute atomic E-state index is 13.5. The number of halogens is 3. The van der Waals surface area contributed by atoms with Crippen molar-refractivity contribution >= 4 is 11.6 Å². The van der Waals surface area contributed by atoms with Gasteiger partial charge in [0.1, 0.15) is 12.0 Å². The standard InChI is InChI=1S/C22H22F3N5O2/c1-32-13-21-11-29(20(31)19-4-6-27-14-28-19)7-5-16(21)10-30(12-21)17-3-2-15(9-26)18(8-17)22(23,24)25/h2-4,6,8,14,16H,5,7,10-13H2,1H3/t16-,21+/m1/s1. The molecule has 3 heterocycles. The number of alkyl halides is 3. The van der Waals surface area contributed by atoms with Gasteiger partial charge < -0.3 is 14.5 Å². The number of methoxy groups -OCH3 is 1. The molecule has 0 bridgehead atoms. The third kappa shape index (κ3) is 4.00. The molecule has 1 amide bonds. The molecule has 7 nitrogen and oxygen atoms in total. The average Bonchev–Trinajstić information content (AvgIpc) is 3.17. The fraction of sp³-hybridized carbons (Fsp3) is 0.455. The highest BCUT2D eigenvalue weighted by atomic mass is 19.4. The largest absolute Gasteiger partial charge is 0.417 e. The van der Waals surface area contributed by atoms with Crippen molar-refractivity contribution < 1.29 is 22.7 Å². The van der Waals surface area contributed by atoms with Crippen molar-refractivity contribution in [3.63, 3.8) is 0 Å². The smallest absolute Gasteiger partial charge is 0.384 e. The van der Waals surface area contributed by atoms with Crippen LogP contribution in [0.3, 0.4) is 0 Å². The first-order valence-electron chi connectivity index (χ1n) is 10.2. The normalized spacial score (nSPS) is 23.0. The first-order chi connectivity index (χ1) is 15.3. The van der Waals surface area contributed by atoms with Gasteiger partial charge >= 0.3 is 6.18 Å². The lowest BCUT2D eigenvalue weighted by molar-refractivity contribution is -0.137. The van der Waals surface area contributed by atoms with Crippen molar-refractivity contribution in [3.05, 3.63) is 53.6 Å². The lowest BCUT2D eigenvalue weighted by atomic mass is 9.74. The highest BCUT2D eigenvalue weighted by Crippen LogP contribution is 2.45. The van der Waals surface area contributed by atoms with Gasteiger partial charge in [0.15, 0.2) is 0 Å². The Kier molecular flexibility index (Phi) is 5.77. The zero-order chi connectivity index (χ0) is 22.9. The van der Waals surface area contributed by atoms with Crippen LogP contribution in [0.2, 0.25) is 0 Å². The summed E-state index contributed by atoms with van der Waals surface area (Å²) in [4.78, 5) is 24.5. The van der Waals surface area contributed by atoms with E-state index in [9.17, 15) is 18.0 Å². The van der Waals surface area contributed by atoms with Crippen molar-refractivity contribution in [2.75, 3.05) is 44.8 Å². The SMILES string of the molecule is COC[C@@]12CN(C(=O)c3ccncn3)CC[C@@H]1CN(c1ccc(C#N)c(C(F)(F)F)c1)C2. The van der Waals surface area contributed by atoms with Gasteiger partial charge in [0.05, 0.1) is 23.8 Å². The van der Waals surface area contributed by atoms with Crippen LogP contribution in [0, 0.1) is 22.7 Å². The predicted octanol–water partition coefficient (Wildman–Crippen LogP) is 2.98. The number of rotatable bonds is 4. The number of fused-ring (bicyclic) bond motifs is 1. The van der Waals surface area contributed by atoms with E-state index >= 15 is 0 Å². The molecule has 10 heteroatoms. The zero-order valence-corrected chi connectivity index (χ0v) is 17.5. The molecule has 0 aliphatic carbocycles. The molecule has 2 aliphatic rings. The molecule has 2 atom stereocenters. The molecule has 2 saturated heterocycles. The lowest BCUT2D eigenvalue weighted by Crippen LogP contribution is -2.53. The summed E-state index contributed by atoms with van der Waals surface area (Å²) in [5, 5.41) is 9.07. The van der Waals surface area contributed by atoms with Gasteiger partial charge in [-0.1, -0.05) is 0 Å². The zero-order valence-electron chi connectivity index (χ0n) is 17.5.